The number of hydrogen-bond acceptors (Lipinski definition) is 2. The van der Waals surface area contributed by atoms with Gasteiger partial charge in [0.05, 0.1) is 12.0 Å². The lowest BCUT2D eigenvalue weighted by molar-refractivity contribution is -0.119. The molecule has 2 atom stereocenters. The molecule has 0 saturated carbocycles. The molecule has 1 amide bonds. The van der Waals surface area contributed by atoms with Crippen LogP contribution in [0.2, 0.25) is 0 Å². The molecule has 3 aromatic rings. The van der Waals surface area contributed by atoms with Gasteiger partial charge in [0, 0.05) is 22.9 Å². The molecule has 0 bridgehead atoms. The minimum Gasteiger partial charge on any atom is -0.377 e. The van der Waals surface area contributed by atoms with E-state index in [-0.39, 0.29) is 17.9 Å². The third kappa shape index (κ3) is 3.01. The van der Waals surface area contributed by atoms with E-state index in [1.54, 1.807) is 4.90 Å². The maximum Gasteiger partial charge on any atom is 0.236 e. The largest absolute Gasteiger partial charge is 0.377 e. The van der Waals surface area contributed by atoms with Crippen molar-refractivity contribution in [2.75, 3.05) is 17.3 Å². The zero-order valence-corrected chi connectivity index (χ0v) is 16.0. The van der Waals surface area contributed by atoms with Gasteiger partial charge in [0.2, 0.25) is 5.91 Å². The monoisotopic (exact) mass is 406 g/mol. The highest BCUT2D eigenvalue weighted by Gasteiger charge is 2.40. The van der Waals surface area contributed by atoms with Crippen LogP contribution >= 0.6 is 15.9 Å². The van der Waals surface area contributed by atoms with Gasteiger partial charge in [-0.15, -0.1) is 0 Å². The summed E-state index contributed by atoms with van der Waals surface area (Å²) >= 11 is 3.50. The van der Waals surface area contributed by atoms with E-state index in [4.69, 9.17) is 0 Å². The Hall–Kier alpha value is -2.59. The molecule has 0 spiro atoms. The fourth-order valence-electron chi connectivity index (χ4n) is 3.58. The molecule has 4 rings (SSSR count). The van der Waals surface area contributed by atoms with Gasteiger partial charge in [0.1, 0.15) is 0 Å². The first-order valence-corrected chi connectivity index (χ1v) is 9.38. The molecule has 1 aliphatic heterocycles. The molecule has 1 N–H and O–H groups in total. The third-order valence-electron chi connectivity index (χ3n) is 4.89. The van der Waals surface area contributed by atoms with Gasteiger partial charge in [-0.2, -0.15) is 0 Å². The van der Waals surface area contributed by atoms with Crippen LogP contribution in [0.3, 0.4) is 0 Å². The Morgan fingerprint density at radius 2 is 1.58 bits per heavy atom. The van der Waals surface area contributed by atoms with Crippen LogP contribution < -0.4 is 10.2 Å². The Morgan fingerprint density at radius 1 is 0.923 bits per heavy atom. The molecule has 0 fully saturated rings. The van der Waals surface area contributed by atoms with E-state index in [9.17, 15) is 4.79 Å². The lowest BCUT2D eigenvalue weighted by Crippen LogP contribution is -2.30. The number of benzene rings is 3. The first-order valence-electron chi connectivity index (χ1n) is 8.58. The quantitative estimate of drug-likeness (QED) is 0.631. The van der Waals surface area contributed by atoms with Gasteiger partial charge in [0.25, 0.3) is 0 Å². The molecule has 0 unspecified atom stereocenters. The van der Waals surface area contributed by atoms with Gasteiger partial charge in [0.15, 0.2) is 0 Å². The summed E-state index contributed by atoms with van der Waals surface area (Å²) in [6.45, 7) is 0. The molecular weight excluding hydrogens is 388 g/mol. The molecule has 4 heteroatoms. The molecule has 130 valence electrons. The molecule has 3 aromatic carbocycles. The van der Waals surface area contributed by atoms with E-state index >= 15 is 0 Å². The number of para-hydroxylation sites is 2. The average molecular weight is 407 g/mol. The Morgan fingerprint density at radius 3 is 2.31 bits per heavy atom. The van der Waals surface area contributed by atoms with Crippen molar-refractivity contribution in [1.29, 1.82) is 0 Å². The van der Waals surface area contributed by atoms with Crippen molar-refractivity contribution in [3.8, 4) is 0 Å². The van der Waals surface area contributed by atoms with Crippen molar-refractivity contribution in [2.24, 2.45) is 0 Å². The summed E-state index contributed by atoms with van der Waals surface area (Å²) in [5.41, 5.74) is 4.14. The lowest BCUT2D eigenvalue weighted by Gasteiger charge is -2.26. The second-order valence-corrected chi connectivity index (χ2v) is 7.39. The minimum atomic E-state index is -0.266. The first kappa shape index (κ1) is 16.9. The highest BCUT2D eigenvalue weighted by Crippen LogP contribution is 2.44. The van der Waals surface area contributed by atoms with Crippen LogP contribution in [0.5, 0.6) is 0 Å². The van der Waals surface area contributed by atoms with Crippen molar-refractivity contribution < 1.29 is 4.79 Å². The standard InChI is InChI=1S/C22H19BrN2O/c1-25-19-10-6-5-9-18(19)20(22(25)26)21(15-11-13-16(23)14-12-15)24-17-7-3-2-4-8-17/h2-14,20-21,24H,1H3/t20-,21-/m1/s1. The summed E-state index contributed by atoms with van der Waals surface area (Å²) in [6, 6.07) is 26.1. The van der Waals surface area contributed by atoms with Crippen LogP contribution in [-0.4, -0.2) is 13.0 Å². The Kier molecular flexibility index (Phi) is 4.51. The summed E-state index contributed by atoms with van der Waals surface area (Å²) in [4.78, 5) is 14.9. The second-order valence-electron chi connectivity index (χ2n) is 6.47. The number of likely N-dealkylation sites (N-methyl/N-ethyl adjacent to an activating group) is 1. The van der Waals surface area contributed by atoms with Crippen molar-refractivity contribution in [3.63, 3.8) is 0 Å². The average Bonchev–Trinajstić information content (AvgIpc) is 2.93. The maximum absolute atomic E-state index is 13.1. The van der Waals surface area contributed by atoms with Crippen molar-refractivity contribution in [1.82, 2.24) is 0 Å². The van der Waals surface area contributed by atoms with Gasteiger partial charge in [-0.25, -0.2) is 0 Å². The molecule has 1 aliphatic rings. The summed E-state index contributed by atoms with van der Waals surface area (Å²) in [5, 5.41) is 3.59. The number of halogens is 1. The number of anilines is 2. The van der Waals surface area contributed by atoms with Crippen LogP contribution in [0.15, 0.2) is 83.3 Å². The normalized spacial score (nSPS) is 17.1. The molecule has 0 radical (unpaired) electrons. The Balaban J connectivity index is 1.80. The number of amides is 1. The summed E-state index contributed by atoms with van der Waals surface area (Å²) < 4.78 is 1.02. The topological polar surface area (TPSA) is 32.3 Å². The lowest BCUT2D eigenvalue weighted by atomic mass is 9.87. The molecule has 1 heterocycles. The highest BCUT2D eigenvalue weighted by molar-refractivity contribution is 9.10. The van der Waals surface area contributed by atoms with E-state index in [2.05, 4.69) is 39.4 Å². The number of nitrogens with zero attached hydrogens (tertiary/aromatic N) is 1. The number of nitrogens with one attached hydrogen (secondary N) is 1. The summed E-state index contributed by atoms with van der Waals surface area (Å²) in [5.74, 6) is -0.153. The van der Waals surface area contributed by atoms with Gasteiger partial charge in [-0.3, -0.25) is 4.79 Å². The first-order chi connectivity index (χ1) is 12.6. The van der Waals surface area contributed by atoms with Crippen molar-refractivity contribution in [2.45, 2.75) is 12.0 Å². The van der Waals surface area contributed by atoms with Crippen LogP contribution in [-0.2, 0) is 4.79 Å². The Bertz CT molecular complexity index is 924. The van der Waals surface area contributed by atoms with E-state index in [1.807, 2.05) is 67.7 Å². The summed E-state index contributed by atoms with van der Waals surface area (Å²) in [7, 11) is 1.85. The predicted octanol–water partition coefficient (Wildman–Crippen LogP) is 5.36. The van der Waals surface area contributed by atoms with Crippen LogP contribution in [0, 0.1) is 0 Å². The number of fused-ring (bicyclic) bond motifs is 1. The van der Waals surface area contributed by atoms with Gasteiger partial charge in [-0.1, -0.05) is 64.5 Å². The zero-order valence-electron chi connectivity index (χ0n) is 14.4. The van der Waals surface area contributed by atoms with E-state index < -0.39 is 0 Å². The van der Waals surface area contributed by atoms with Crippen LogP contribution in [0.25, 0.3) is 0 Å². The minimum absolute atomic E-state index is 0.113. The van der Waals surface area contributed by atoms with E-state index in [0.717, 1.165) is 27.0 Å². The fraction of sp³-hybridized carbons (Fsp3) is 0.136. The second kappa shape index (κ2) is 6.96. The van der Waals surface area contributed by atoms with Gasteiger partial charge < -0.3 is 10.2 Å². The smallest absolute Gasteiger partial charge is 0.236 e. The SMILES string of the molecule is CN1C(=O)[C@@H]([C@H](Nc2ccccc2)c2ccc(Br)cc2)c2ccccc21. The van der Waals surface area contributed by atoms with Crippen LogP contribution in [0.1, 0.15) is 23.1 Å². The molecule has 0 saturated heterocycles. The van der Waals surface area contributed by atoms with E-state index in [0.29, 0.717) is 0 Å². The number of carbonyl (C=O) groups excluding carboxylic acids is 1. The van der Waals surface area contributed by atoms with Gasteiger partial charge >= 0.3 is 0 Å². The van der Waals surface area contributed by atoms with Crippen molar-refractivity contribution in [3.05, 3.63) is 94.5 Å². The number of rotatable bonds is 4. The highest BCUT2D eigenvalue weighted by atomic mass is 79.9. The summed E-state index contributed by atoms with van der Waals surface area (Å²) in [6.07, 6.45) is 0. The predicted molar refractivity (Wildman–Crippen MR) is 110 cm³/mol. The number of carbonyl (C=O) groups is 1. The van der Waals surface area contributed by atoms with Crippen LogP contribution in [0.4, 0.5) is 11.4 Å². The number of hydrogen-bond donors (Lipinski definition) is 1. The zero-order chi connectivity index (χ0) is 18.1. The van der Waals surface area contributed by atoms with Gasteiger partial charge in [-0.05, 0) is 41.5 Å². The Labute approximate surface area is 161 Å². The maximum atomic E-state index is 13.1. The van der Waals surface area contributed by atoms with E-state index in [1.165, 1.54) is 0 Å². The molecule has 3 nitrogen and oxygen atoms in total. The molecule has 0 aliphatic carbocycles. The third-order valence-corrected chi connectivity index (χ3v) is 5.42. The van der Waals surface area contributed by atoms with Crippen molar-refractivity contribution >= 4 is 33.2 Å². The fourth-order valence-corrected chi connectivity index (χ4v) is 3.85. The molecule has 0 aromatic heterocycles. The molecule has 26 heavy (non-hydrogen) atoms. The molecular formula is C22H19BrN2O.